The molecule has 2 aromatic rings. The molecule has 1 aromatic carbocycles. The highest BCUT2D eigenvalue weighted by atomic mass is 79.9. The second-order valence-corrected chi connectivity index (χ2v) is 4.83. The van der Waals surface area contributed by atoms with Crippen LogP contribution in [0.2, 0.25) is 0 Å². The van der Waals surface area contributed by atoms with Gasteiger partial charge in [0.25, 0.3) is 5.91 Å². The Hall–Kier alpha value is -1.86. The minimum Gasteiger partial charge on any atom is -0.480 e. The van der Waals surface area contributed by atoms with Crippen molar-refractivity contribution < 1.29 is 23.8 Å². The van der Waals surface area contributed by atoms with Crippen molar-refractivity contribution >= 4 is 38.8 Å². The first kappa shape index (κ1) is 14.5. The van der Waals surface area contributed by atoms with Crippen LogP contribution in [0.4, 0.5) is 0 Å². The number of ether oxygens (including phenoxy) is 1. The quantitative estimate of drug-likeness (QED) is 0.784. The summed E-state index contributed by atoms with van der Waals surface area (Å²) in [5, 5.41) is 11.8. The number of carboxylic acid groups (broad SMARTS) is 1. The first-order chi connectivity index (χ1) is 9.58. The van der Waals surface area contributed by atoms with E-state index in [1.165, 1.54) is 0 Å². The number of carbonyl (C=O) groups is 2. The van der Waals surface area contributed by atoms with Gasteiger partial charge >= 0.3 is 5.97 Å². The SMILES string of the molecule is O=C(O)COCCNC(=O)c1cc2cccc(Br)c2o1. The molecule has 7 heteroatoms. The molecule has 1 aromatic heterocycles. The summed E-state index contributed by atoms with van der Waals surface area (Å²) in [5.74, 6) is -1.21. The molecule has 0 aliphatic carbocycles. The molecule has 0 saturated heterocycles. The van der Waals surface area contributed by atoms with Crippen molar-refractivity contribution in [3.8, 4) is 0 Å². The third-order valence-corrected chi connectivity index (χ3v) is 3.10. The third kappa shape index (κ3) is 3.58. The molecule has 0 aliphatic rings. The molecule has 6 nitrogen and oxygen atoms in total. The lowest BCUT2D eigenvalue weighted by Gasteiger charge is -2.02. The van der Waals surface area contributed by atoms with Crippen molar-refractivity contribution in [1.82, 2.24) is 5.32 Å². The van der Waals surface area contributed by atoms with Gasteiger partial charge in [-0.25, -0.2) is 4.79 Å². The largest absolute Gasteiger partial charge is 0.480 e. The highest BCUT2D eigenvalue weighted by molar-refractivity contribution is 9.10. The Labute approximate surface area is 122 Å². The molecule has 0 saturated carbocycles. The van der Waals surface area contributed by atoms with Crippen LogP contribution < -0.4 is 5.32 Å². The Kier molecular flexibility index (Phi) is 4.75. The maximum absolute atomic E-state index is 11.8. The van der Waals surface area contributed by atoms with Gasteiger partial charge in [0.15, 0.2) is 5.76 Å². The normalized spacial score (nSPS) is 10.7. The Bertz CT molecular complexity index is 637. The Morgan fingerprint density at radius 1 is 1.40 bits per heavy atom. The molecule has 106 valence electrons. The number of carboxylic acids is 1. The van der Waals surface area contributed by atoms with Gasteiger partial charge < -0.3 is 19.6 Å². The topological polar surface area (TPSA) is 88.8 Å². The number of amides is 1. The zero-order chi connectivity index (χ0) is 14.5. The summed E-state index contributed by atoms with van der Waals surface area (Å²) in [4.78, 5) is 22.0. The van der Waals surface area contributed by atoms with Gasteiger partial charge in [-0.15, -0.1) is 0 Å². The molecule has 0 aliphatic heterocycles. The highest BCUT2D eigenvalue weighted by Crippen LogP contribution is 2.26. The zero-order valence-corrected chi connectivity index (χ0v) is 12.0. The summed E-state index contributed by atoms with van der Waals surface area (Å²) in [7, 11) is 0. The van der Waals surface area contributed by atoms with Crippen LogP contribution in [0.1, 0.15) is 10.6 Å². The number of aliphatic carboxylic acids is 1. The summed E-state index contributed by atoms with van der Waals surface area (Å²) in [6.07, 6.45) is 0. The molecule has 0 atom stereocenters. The first-order valence-corrected chi connectivity index (χ1v) is 6.63. The Balaban J connectivity index is 1.91. The lowest BCUT2D eigenvalue weighted by molar-refractivity contribution is -0.142. The van der Waals surface area contributed by atoms with E-state index in [0.29, 0.717) is 5.58 Å². The standard InChI is InChI=1S/C13H12BrNO5/c14-9-3-1-2-8-6-10(20-12(8)9)13(18)15-4-5-19-7-11(16)17/h1-3,6H,4-5,7H2,(H,15,18)(H,16,17). The van der Waals surface area contributed by atoms with Crippen molar-refractivity contribution in [3.63, 3.8) is 0 Å². The predicted molar refractivity (Wildman–Crippen MR) is 74.7 cm³/mol. The van der Waals surface area contributed by atoms with Crippen LogP contribution in [-0.4, -0.2) is 36.7 Å². The van der Waals surface area contributed by atoms with Crippen molar-refractivity contribution in [1.29, 1.82) is 0 Å². The molecular weight excluding hydrogens is 330 g/mol. The maximum atomic E-state index is 11.8. The van der Waals surface area contributed by atoms with Crippen LogP contribution in [0.3, 0.4) is 0 Å². The highest BCUT2D eigenvalue weighted by Gasteiger charge is 2.13. The average molecular weight is 342 g/mol. The van der Waals surface area contributed by atoms with Gasteiger partial charge in [0.2, 0.25) is 0 Å². The van der Waals surface area contributed by atoms with E-state index in [0.717, 1.165) is 9.86 Å². The molecular formula is C13H12BrNO5. The fraction of sp³-hybridized carbons (Fsp3) is 0.231. The smallest absolute Gasteiger partial charge is 0.329 e. The molecule has 20 heavy (non-hydrogen) atoms. The van der Waals surface area contributed by atoms with E-state index in [2.05, 4.69) is 21.2 Å². The summed E-state index contributed by atoms with van der Waals surface area (Å²) in [6.45, 7) is -0.0419. The number of hydrogen-bond donors (Lipinski definition) is 2. The summed E-state index contributed by atoms with van der Waals surface area (Å²) in [5.41, 5.74) is 0.611. The zero-order valence-electron chi connectivity index (χ0n) is 10.4. The Morgan fingerprint density at radius 2 is 2.20 bits per heavy atom. The van der Waals surface area contributed by atoms with E-state index in [9.17, 15) is 9.59 Å². The molecule has 0 unspecified atom stereocenters. The number of furan rings is 1. The summed E-state index contributed by atoms with van der Waals surface area (Å²) >= 11 is 3.34. The molecule has 0 radical (unpaired) electrons. The van der Waals surface area contributed by atoms with Crippen LogP contribution in [-0.2, 0) is 9.53 Å². The van der Waals surface area contributed by atoms with E-state index in [1.54, 1.807) is 6.07 Å². The summed E-state index contributed by atoms with van der Waals surface area (Å²) in [6, 6.07) is 7.17. The van der Waals surface area contributed by atoms with Gasteiger partial charge in [0.05, 0.1) is 11.1 Å². The first-order valence-electron chi connectivity index (χ1n) is 5.83. The molecule has 2 N–H and O–H groups in total. The summed E-state index contributed by atoms with van der Waals surface area (Å²) < 4.78 is 11.0. The van der Waals surface area contributed by atoms with Crippen LogP contribution in [0, 0.1) is 0 Å². The van der Waals surface area contributed by atoms with Crippen molar-refractivity contribution in [2.45, 2.75) is 0 Å². The van der Waals surface area contributed by atoms with Crippen LogP contribution >= 0.6 is 15.9 Å². The van der Waals surface area contributed by atoms with E-state index >= 15 is 0 Å². The molecule has 0 bridgehead atoms. The maximum Gasteiger partial charge on any atom is 0.329 e. The van der Waals surface area contributed by atoms with Crippen LogP contribution in [0.5, 0.6) is 0 Å². The number of nitrogens with one attached hydrogen (secondary N) is 1. The van der Waals surface area contributed by atoms with Crippen LogP contribution in [0.25, 0.3) is 11.0 Å². The second kappa shape index (κ2) is 6.53. The molecule has 0 spiro atoms. The van der Waals surface area contributed by atoms with Crippen molar-refractivity contribution in [2.75, 3.05) is 19.8 Å². The fourth-order valence-corrected chi connectivity index (χ4v) is 2.09. The number of carbonyl (C=O) groups excluding carboxylic acids is 1. The lowest BCUT2D eigenvalue weighted by Crippen LogP contribution is -2.27. The predicted octanol–water partition coefficient (Wildman–Crippen LogP) is 2.03. The Morgan fingerprint density at radius 3 is 2.90 bits per heavy atom. The van der Waals surface area contributed by atoms with Crippen molar-refractivity contribution in [2.24, 2.45) is 0 Å². The van der Waals surface area contributed by atoms with Gasteiger partial charge in [0, 0.05) is 11.9 Å². The second-order valence-electron chi connectivity index (χ2n) is 3.97. The van der Waals surface area contributed by atoms with Gasteiger partial charge in [-0.05, 0) is 28.1 Å². The van der Waals surface area contributed by atoms with E-state index < -0.39 is 5.97 Å². The van der Waals surface area contributed by atoms with Crippen molar-refractivity contribution in [3.05, 3.63) is 34.5 Å². The number of benzene rings is 1. The lowest BCUT2D eigenvalue weighted by atomic mass is 10.2. The number of halogens is 1. The van der Waals surface area contributed by atoms with Gasteiger partial charge in [-0.3, -0.25) is 4.79 Å². The monoisotopic (exact) mass is 341 g/mol. The fourth-order valence-electron chi connectivity index (χ4n) is 1.62. The van der Waals surface area contributed by atoms with Gasteiger partial charge in [0.1, 0.15) is 12.2 Å². The van der Waals surface area contributed by atoms with Gasteiger partial charge in [-0.1, -0.05) is 12.1 Å². The van der Waals surface area contributed by atoms with E-state index in [-0.39, 0.29) is 31.4 Å². The van der Waals surface area contributed by atoms with Gasteiger partial charge in [-0.2, -0.15) is 0 Å². The average Bonchev–Trinajstić information content (AvgIpc) is 2.83. The van der Waals surface area contributed by atoms with Crippen LogP contribution in [0.15, 0.2) is 33.2 Å². The molecule has 2 rings (SSSR count). The molecule has 1 amide bonds. The number of rotatable bonds is 6. The van der Waals surface area contributed by atoms with E-state index in [1.807, 2.05) is 18.2 Å². The number of para-hydroxylation sites is 1. The molecule has 0 fully saturated rings. The molecule has 1 heterocycles. The third-order valence-electron chi connectivity index (χ3n) is 2.48. The van der Waals surface area contributed by atoms with E-state index in [4.69, 9.17) is 14.3 Å². The minimum absolute atomic E-state index is 0.127. The minimum atomic E-state index is -1.04. The number of hydrogen-bond acceptors (Lipinski definition) is 4. The number of fused-ring (bicyclic) bond motifs is 1.